The van der Waals surface area contributed by atoms with Gasteiger partial charge in [-0.3, -0.25) is 0 Å². The summed E-state index contributed by atoms with van der Waals surface area (Å²) >= 11 is 1.48. The highest BCUT2D eigenvalue weighted by Gasteiger charge is 2.31. The van der Waals surface area contributed by atoms with Gasteiger partial charge in [-0.05, 0) is 41.1 Å². The Labute approximate surface area is 210 Å². The van der Waals surface area contributed by atoms with Crippen LogP contribution in [0.4, 0.5) is 0 Å². The van der Waals surface area contributed by atoms with Crippen molar-refractivity contribution in [2.24, 2.45) is 0 Å². The Morgan fingerprint density at radius 2 is 1.40 bits per heavy atom. The monoisotopic (exact) mass is 499 g/mol. The fraction of sp³-hybridized carbons (Fsp3) is 0.107. The van der Waals surface area contributed by atoms with E-state index in [4.69, 9.17) is 5.10 Å². The van der Waals surface area contributed by atoms with E-state index in [1.165, 1.54) is 11.3 Å². The molecule has 0 N–H and O–H groups in total. The second kappa shape index (κ2) is 10.4. The van der Waals surface area contributed by atoms with Gasteiger partial charge in [0.25, 0.3) is 0 Å². The molecule has 0 spiro atoms. The number of thiophene rings is 1. The van der Waals surface area contributed by atoms with Crippen LogP contribution in [0.5, 0.6) is 0 Å². The third-order valence-electron chi connectivity index (χ3n) is 5.77. The molecule has 0 fully saturated rings. The number of rotatable bonds is 9. The molecule has 2 heterocycles. The van der Waals surface area contributed by atoms with E-state index >= 15 is 0 Å². The average Bonchev–Trinajstić information content (AvgIpc) is 3.59. The van der Waals surface area contributed by atoms with Crippen LogP contribution >= 0.6 is 11.3 Å². The molecule has 3 aromatic carbocycles. The predicted molar refractivity (Wildman–Crippen MR) is 141 cm³/mol. The smallest absolute Gasteiger partial charge is 0.239 e. The summed E-state index contributed by atoms with van der Waals surface area (Å²) in [5, 5.41) is 6.65. The Balaban J connectivity index is 1.57. The van der Waals surface area contributed by atoms with Crippen molar-refractivity contribution in [2.75, 3.05) is 6.54 Å². The summed E-state index contributed by atoms with van der Waals surface area (Å²) in [7, 11) is -3.86. The molecular formula is C28H25N3O2S2. The quantitative estimate of drug-likeness (QED) is 0.249. The Bertz CT molecular complexity index is 1470. The first-order valence-electron chi connectivity index (χ1n) is 11.4. The van der Waals surface area contributed by atoms with Crippen LogP contribution in [-0.2, 0) is 23.0 Å². The molecule has 35 heavy (non-hydrogen) atoms. The molecule has 0 aliphatic rings. The minimum Gasteiger partial charge on any atom is -0.239 e. The summed E-state index contributed by atoms with van der Waals surface area (Å²) in [6.45, 7) is 0.651. The van der Waals surface area contributed by atoms with Gasteiger partial charge in [-0.15, -0.1) is 11.3 Å². The molecule has 0 aliphatic carbocycles. The summed E-state index contributed by atoms with van der Waals surface area (Å²) in [6, 6.07) is 33.1. The van der Waals surface area contributed by atoms with Gasteiger partial charge in [-0.25, -0.2) is 13.1 Å². The number of para-hydroxylation sites is 1. The molecule has 0 radical (unpaired) electrons. The Kier molecular flexibility index (Phi) is 6.90. The number of hydrogen-bond donors (Lipinski definition) is 0. The molecule has 0 atom stereocenters. The van der Waals surface area contributed by atoms with Gasteiger partial charge in [-0.2, -0.15) is 9.40 Å². The van der Waals surface area contributed by atoms with E-state index in [0.717, 1.165) is 21.7 Å². The van der Waals surface area contributed by atoms with Crippen LogP contribution in [0.15, 0.2) is 120 Å². The highest BCUT2D eigenvalue weighted by molar-refractivity contribution is 7.89. The van der Waals surface area contributed by atoms with Gasteiger partial charge in [0.2, 0.25) is 10.0 Å². The normalized spacial score (nSPS) is 11.7. The van der Waals surface area contributed by atoms with Crippen molar-refractivity contribution in [3.8, 4) is 16.3 Å². The lowest BCUT2D eigenvalue weighted by Crippen LogP contribution is -2.32. The SMILES string of the molecule is O=S(=O)(c1cn(-c2ccccc2)nc1-c1cccs1)N(CCc1ccccc1)Cc1ccccc1. The third-order valence-corrected chi connectivity index (χ3v) is 8.49. The molecule has 0 bridgehead atoms. The van der Waals surface area contributed by atoms with Crippen molar-refractivity contribution >= 4 is 21.4 Å². The van der Waals surface area contributed by atoms with E-state index in [-0.39, 0.29) is 11.4 Å². The van der Waals surface area contributed by atoms with E-state index in [2.05, 4.69) is 0 Å². The topological polar surface area (TPSA) is 55.2 Å². The zero-order valence-corrected chi connectivity index (χ0v) is 20.7. The van der Waals surface area contributed by atoms with Crippen LogP contribution in [0.25, 0.3) is 16.3 Å². The highest BCUT2D eigenvalue weighted by atomic mass is 32.2. The summed E-state index contributed by atoms with van der Waals surface area (Å²) in [5.41, 5.74) is 3.32. The van der Waals surface area contributed by atoms with Crippen molar-refractivity contribution in [1.29, 1.82) is 0 Å². The number of hydrogen-bond acceptors (Lipinski definition) is 4. The van der Waals surface area contributed by atoms with Crippen LogP contribution in [-0.4, -0.2) is 29.0 Å². The van der Waals surface area contributed by atoms with Crippen LogP contribution in [0.1, 0.15) is 11.1 Å². The molecule has 5 rings (SSSR count). The number of sulfonamides is 1. The minimum absolute atomic E-state index is 0.216. The third kappa shape index (κ3) is 5.27. The van der Waals surface area contributed by atoms with Gasteiger partial charge in [0, 0.05) is 13.1 Å². The molecule has 5 aromatic rings. The molecule has 0 unspecified atom stereocenters. The van der Waals surface area contributed by atoms with Crippen LogP contribution in [0, 0.1) is 0 Å². The Morgan fingerprint density at radius 1 is 0.771 bits per heavy atom. The molecule has 0 saturated carbocycles. The van der Waals surface area contributed by atoms with Crippen molar-refractivity contribution in [3.05, 3.63) is 126 Å². The van der Waals surface area contributed by atoms with Crippen LogP contribution in [0.2, 0.25) is 0 Å². The lowest BCUT2D eigenvalue weighted by Gasteiger charge is -2.22. The first-order chi connectivity index (χ1) is 17.1. The fourth-order valence-electron chi connectivity index (χ4n) is 3.95. The maximum Gasteiger partial charge on any atom is 0.247 e. The Hall–Kier alpha value is -3.52. The number of aromatic nitrogens is 2. The predicted octanol–water partition coefficient (Wildman–Crippen LogP) is 6.03. The zero-order chi connectivity index (χ0) is 24.1. The van der Waals surface area contributed by atoms with Crippen molar-refractivity contribution < 1.29 is 8.42 Å². The van der Waals surface area contributed by atoms with Gasteiger partial charge in [0.15, 0.2) is 0 Å². The molecule has 2 aromatic heterocycles. The summed E-state index contributed by atoms with van der Waals surface area (Å²) < 4.78 is 31.6. The number of benzene rings is 3. The van der Waals surface area contributed by atoms with Crippen molar-refractivity contribution in [2.45, 2.75) is 17.9 Å². The first-order valence-corrected chi connectivity index (χ1v) is 13.7. The fourth-order valence-corrected chi connectivity index (χ4v) is 6.30. The molecule has 0 amide bonds. The Morgan fingerprint density at radius 3 is 2.03 bits per heavy atom. The second-order valence-corrected chi connectivity index (χ2v) is 11.0. The number of nitrogens with zero attached hydrogens (tertiary/aromatic N) is 3. The van der Waals surface area contributed by atoms with Crippen LogP contribution in [0.3, 0.4) is 0 Å². The van der Waals surface area contributed by atoms with Crippen molar-refractivity contribution in [1.82, 2.24) is 14.1 Å². The maximum absolute atomic E-state index is 14.2. The summed E-state index contributed by atoms with van der Waals surface area (Å²) in [4.78, 5) is 1.04. The van der Waals surface area contributed by atoms with Crippen LogP contribution < -0.4 is 0 Å². The van der Waals surface area contributed by atoms with Gasteiger partial charge >= 0.3 is 0 Å². The summed E-state index contributed by atoms with van der Waals surface area (Å²) in [6.07, 6.45) is 2.26. The maximum atomic E-state index is 14.2. The van der Waals surface area contributed by atoms with E-state index in [1.54, 1.807) is 15.2 Å². The second-order valence-electron chi connectivity index (χ2n) is 8.16. The molecule has 176 valence electrons. The minimum atomic E-state index is -3.86. The molecule has 7 heteroatoms. The van der Waals surface area contributed by atoms with E-state index in [0.29, 0.717) is 18.7 Å². The van der Waals surface area contributed by atoms with Gasteiger partial charge in [0.1, 0.15) is 10.6 Å². The largest absolute Gasteiger partial charge is 0.247 e. The van der Waals surface area contributed by atoms with E-state index in [9.17, 15) is 8.42 Å². The van der Waals surface area contributed by atoms with Gasteiger partial charge in [-0.1, -0.05) is 84.9 Å². The van der Waals surface area contributed by atoms with Crippen molar-refractivity contribution in [3.63, 3.8) is 0 Å². The lowest BCUT2D eigenvalue weighted by molar-refractivity contribution is 0.409. The zero-order valence-electron chi connectivity index (χ0n) is 19.1. The standard InChI is InChI=1S/C28H25N3O2S2/c32-35(33,30(21-24-13-6-2-7-14-24)19-18-23-11-4-1-5-12-23)27-22-31(25-15-8-3-9-16-25)29-28(27)26-17-10-20-34-26/h1-17,20,22H,18-19,21H2. The lowest BCUT2D eigenvalue weighted by atomic mass is 10.1. The van der Waals surface area contributed by atoms with E-state index < -0.39 is 10.0 Å². The molecule has 0 aliphatic heterocycles. The summed E-state index contributed by atoms with van der Waals surface area (Å²) in [5.74, 6) is 0. The van der Waals surface area contributed by atoms with Gasteiger partial charge < -0.3 is 0 Å². The molecular weight excluding hydrogens is 474 g/mol. The first kappa shape index (κ1) is 23.2. The van der Waals surface area contributed by atoms with Gasteiger partial charge in [0.05, 0.1) is 16.8 Å². The highest BCUT2D eigenvalue weighted by Crippen LogP contribution is 2.33. The average molecular weight is 500 g/mol. The molecule has 5 nitrogen and oxygen atoms in total. The van der Waals surface area contributed by atoms with E-state index in [1.807, 2.05) is 109 Å². The molecule has 0 saturated heterocycles.